The fourth-order valence-corrected chi connectivity index (χ4v) is 3.95. The van der Waals surface area contributed by atoms with E-state index in [0.717, 1.165) is 0 Å². The van der Waals surface area contributed by atoms with Crippen LogP contribution in [0.1, 0.15) is 42.5 Å². The van der Waals surface area contributed by atoms with Gasteiger partial charge in [-0.15, -0.1) is 0 Å². The Hall–Kier alpha value is -2.15. The van der Waals surface area contributed by atoms with Crippen molar-refractivity contribution in [2.75, 3.05) is 39.9 Å². The van der Waals surface area contributed by atoms with Crippen molar-refractivity contribution in [1.82, 2.24) is 14.4 Å². The van der Waals surface area contributed by atoms with E-state index < -0.39 is 0 Å². The summed E-state index contributed by atoms with van der Waals surface area (Å²) in [6.07, 6.45) is 7.07. The number of amides is 2. The fourth-order valence-electron chi connectivity index (χ4n) is 3.95. The SMILES string of the molecule is COCCn1cc(C(=O)N2CCN(C(=O)CC3CCCC3)CC2)ccc1=O. The maximum atomic E-state index is 12.8. The molecule has 0 spiro atoms. The molecule has 1 saturated carbocycles. The van der Waals surface area contributed by atoms with E-state index in [2.05, 4.69) is 0 Å². The molecule has 3 rings (SSSR count). The lowest BCUT2D eigenvalue weighted by Gasteiger charge is -2.35. The molecule has 0 unspecified atom stereocenters. The molecule has 0 aromatic carbocycles. The van der Waals surface area contributed by atoms with Gasteiger partial charge in [-0.05, 0) is 24.8 Å². The Morgan fingerprint density at radius 3 is 2.41 bits per heavy atom. The molecule has 1 saturated heterocycles. The van der Waals surface area contributed by atoms with Gasteiger partial charge in [0.2, 0.25) is 5.91 Å². The summed E-state index contributed by atoms with van der Waals surface area (Å²) in [6, 6.07) is 3.00. The highest BCUT2D eigenvalue weighted by atomic mass is 16.5. The minimum absolute atomic E-state index is 0.0935. The topological polar surface area (TPSA) is 71.8 Å². The Morgan fingerprint density at radius 2 is 1.74 bits per heavy atom. The first-order valence-electron chi connectivity index (χ1n) is 9.85. The zero-order valence-electron chi connectivity index (χ0n) is 16.1. The molecule has 27 heavy (non-hydrogen) atoms. The van der Waals surface area contributed by atoms with Crippen LogP contribution < -0.4 is 5.56 Å². The first-order chi connectivity index (χ1) is 13.1. The Morgan fingerprint density at radius 1 is 1.07 bits per heavy atom. The summed E-state index contributed by atoms with van der Waals surface area (Å²) >= 11 is 0. The summed E-state index contributed by atoms with van der Waals surface area (Å²) in [5, 5.41) is 0. The third kappa shape index (κ3) is 4.97. The number of nitrogens with zero attached hydrogens (tertiary/aromatic N) is 3. The lowest BCUT2D eigenvalue weighted by atomic mass is 10.0. The number of hydrogen-bond acceptors (Lipinski definition) is 4. The molecular formula is C20H29N3O4. The number of ether oxygens (including phenoxy) is 1. The van der Waals surface area contributed by atoms with Gasteiger partial charge in [0.15, 0.2) is 0 Å². The van der Waals surface area contributed by atoms with E-state index >= 15 is 0 Å². The quantitative estimate of drug-likeness (QED) is 0.753. The third-order valence-corrected chi connectivity index (χ3v) is 5.62. The van der Waals surface area contributed by atoms with Crippen molar-refractivity contribution >= 4 is 11.8 Å². The monoisotopic (exact) mass is 375 g/mol. The summed E-state index contributed by atoms with van der Waals surface area (Å²) in [6.45, 7) is 3.07. The Bertz CT molecular complexity index is 716. The van der Waals surface area contributed by atoms with Crippen LogP contribution in [-0.4, -0.2) is 66.1 Å². The van der Waals surface area contributed by atoms with Gasteiger partial charge in [0.1, 0.15) is 0 Å². The normalized spacial score (nSPS) is 18.1. The molecule has 7 heteroatoms. The van der Waals surface area contributed by atoms with E-state index in [0.29, 0.717) is 57.2 Å². The molecule has 0 atom stereocenters. The standard InChI is InChI=1S/C20H29N3O4/c1-27-13-12-23-15-17(6-7-18(23)24)20(26)22-10-8-21(9-11-22)19(25)14-16-4-2-3-5-16/h6-7,15-16H,2-5,8-14H2,1H3. The second-order valence-electron chi connectivity index (χ2n) is 7.47. The zero-order chi connectivity index (χ0) is 19.2. The molecule has 0 radical (unpaired) electrons. The van der Waals surface area contributed by atoms with Gasteiger partial charge in [-0.1, -0.05) is 12.8 Å². The number of piperazine rings is 1. The second kappa shape index (κ2) is 9.17. The van der Waals surface area contributed by atoms with Gasteiger partial charge < -0.3 is 19.1 Å². The van der Waals surface area contributed by atoms with Crippen LogP contribution in [0.25, 0.3) is 0 Å². The van der Waals surface area contributed by atoms with Crippen LogP contribution in [0.3, 0.4) is 0 Å². The summed E-state index contributed by atoms with van der Waals surface area (Å²) in [4.78, 5) is 40.8. The van der Waals surface area contributed by atoms with E-state index in [1.165, 1.54) is 36.3 Å². The van der Waals surface area contributed by atoms with Gasteiger partial charge in [-0.2, -0.15) is 0 Å². The first kappa shape index (κ1) is 19.6. The van der Waals surface area contributed by atoms with Gasteiger partial charge in [-0.25, -0.2) is 0 Å². The van der Waals surface area contributed by atoms with Crippen molar-refractivity contribution < 1.29 is 14.3 Å². The maximum Gasteiger partial charge on any atom is 0.255 e. The van der Waals surface area contributed by atoms with Gasteiger partial charge >= 0.3 is 0 Å². The predicted molar refractivity (Wildman–Crippen MR) is 102 cm³/mol. The first-order valence-corrected chi connectivity index (χ1v) is 9.85. The molecule has 1 aromatic rings. The number of carbonyl (C=O) groups is 2. The fraction of sp³-hybridized carbons (Fsp3) is 0.650. The lowest BCUT2D eigenvalue weighted by Crippen LogP contribution is -2.51. The van der Waals surface area contributed by atoms with Gasteiger partial charge in [0.25, 0.3) is 11.5 Å². The van der Waals surface area contributed by atoms with Crippen LogP contribution in [0, 0.1) is 5.92 Å². The van der Waals surface area contributed by atoms with Gasteiger partial charge in [0, 0.05) is 58.5 Å². The summed E-state index contributed by atoms with van der Waals surface area (Å²) in [5.41, 5.74) is 0.349. The molecule has 1 aliphatic carbocycles. The highest BCUT2D eigenvalue weighted by Gasteiger charge is 2.27. The minimum Gasteiger partial charge on any atom is -0.383 e. The number of rotatable bonds is 6. The van der Waals surface area contributed by atoms with Crippen molar-refractivity contribution in [1.29, 1.82) is 0 Å². The van der Waals surface area contributed by atoms with Crippen LogP contribution in [0.2, 0.25) is 0 Å². The summed E-state index contributed by atoms with van der Waals surface area (Å²) in [7, 11) is 1.58. The van der Waals surface area contributed by atoms with Crippen molar-refractivity contribution in [3.8, 4) is 0 Å². The van der Waals surface area contributed by atoms with E-state index in [1.807, 2.05) is 4.90 Å². The van der Waals surface area contributed by atoms with Crippen molar-refractivity contribution in [3.05, 3.63) is 34.2 Å². The number of methoxy groups -OCH3 is 1. The van der Waals surface area contributed by atoms with E-state index in [9.17, 15) is 14.4 Å². The molecule has 148 valence electrons. The smallest absolute Gasteiger partial charge is 0.255 e. The van der Waals surface area contributed by atoms with E-state index in [-0.39, 0.29) is 17.4 Å². The largest absolute Gasteiger partial charge is 0.383 e. The Labute approximate surface area is 159 Å². The highest BCUT2D eigenvalue weighted by Crippen LogP contribution is 2.28. The summed E-state index contributed by atoms with van der Waals surface area (Å²) in [5.74, 6) is 0.677. The molecule has 1 aromatic heterocycles. The number of carbonyl (C=O) groups excluding carboxylic acids is 2. The van der Waals surface area contributed by atoms with E-state index in [1.54, 1.807) is 24.3 Å². The molecule has 2 fully saturated rings. The molecule has 0 bridgehead atoms. The highest BCUT2D eigenvalue weighted by molar-refractivity contribution is 5.94. The summed E-state index contributed by atoms with van der Waals surface area (Å²) < 4.78 is 6.50. The maximum absolute atomic E-state index is 12.8. The van der Waals surface area contributed by atoms with E-state index in [4.69, 9.17) is 4.74 Å². The van der Waals surface area contributed by atoms with Crippen LogP contribution in [-0.2, 0) is 16.1 Å². The third-order valence-electron chi connectivity index (χ3n) is 5.62. The second-order valence-corrected chi connectivity index (χ2v) is 7.47. The van der Waals surface area contributed by atoms with Crippen LogP contribution in [0.5, 0.6) is 0 Å². The van der Waals surface area contributed by atoms with Gasteiger partial charge in [0.05, 0.1) is 12.2 Å². The van der Waals surface area contributed by atoms with Crippen molar-refractivity contribution in [2.24, 2.45) is 5.92 Å². The average Bonchev–Trinajstić information content (AvgIpc) is 3.20. The molecule has 7 nitrogen and oxygen atoms in total. The van der Waals surface area contributed by atoms with Crippen molar-refractivity contribution in [3.63, 3.8) is 0 Å². The molecule has 2 aliphatic rings. The number of aromatic nitrogens is 1. The Kier molecular flexibility index (Phi) is 6.66. The van der Waals surface area contributed by atoms with Crippen LogP contribution in [0.4, 0.5) is 0 Å². The zero-order valence-corrected chi connectivity index (χ0v) is 16.1. The molecule has 1 aliphatic heterocycles. The van der Waals surface area contributed by atoms with Crippen LogP contribution in [0.15, 0.2) is 23.1 Å². The predicted octanol–water partition coefficient (Wildman–Crippen LogP) is 1.36. The van der Waals surface area contributed by atoms with Gasteiger partial charge in [-0.3, -0.25) is 14.4 Å². The van der Waals surface area contributed by atoms with Crippen molar-refractivity contribution in [2.45, 2.75) is 38.6 Å². The molecule has 2 heterocycles. The minimum atomic E-state index is -0.147. The molecule has 0 N–H and O–H groups in total. The number of hydrogen-bond donors (Lipinski definition) is 0. The lowest BCUT2D eigenvalue weighted by molar-refractivity contribution is -0.133. The molecular weight excluding hydrogens is 346 g/mol. The Balaban J connectivity index is 1.55. The van der Waals surface area contributed by atoms with Crippen LogP contribution >= 0.6 is 0 Å². The average molecular weight is 375 g/mol. The number of pyridine rings is 1. The molecule has 2 amide bonds.